The zero-order chi connectivity index (χ0) is 17.7. The Morgan fingerprint density at radius 2 is 2.04 bits per heavy atom. The molecule has 1 fully saturated rings. The molecule has 0 atom stereocenters. The Bertz CT molecular complexity index is 702. The van der Waals surface area contributed by atoms with Crippen LogP contribution >= 0.6 is 24.0 Å². The van der Waals surface area contributed by atoms with Crippen LogP contribution in [0.15, 0.2) is 23.1 Å². The molecule has 0 bridgehead atoms. The number of rotatable bonds is 7. The van der Waals surface area contributed by atoms with Gasteiger partial charge >= 0.3 is 0 Å². The summed E-state index contributed by atoms with van der Waals surface area (Å²) in [6, 6.07) is 5.33. The number of aliphatic carboxylic acids is 1. The molecule has 8 heteroatoms. The van der Waals surface area contributed by atoms with Crippen LogP contribution in [0.25, 0.3) is 6.08 Å². The molecule has 1 aliphatic heterocycles. The largest absolute Gasteiger partial charge is 0.550 e. The normalized spacial score (nSPS) is 15.9. The van der Waals surface area contributed by atoms with Gasteiger partial charge < -0.3 is 19.4 Å². The smallest absolute Gasteiger partial charge is 0.266 e. The van der Waals surface area contributed by atoms with Crippen LogP contribution < -0.4 is 14.6 Å². The summed E-state index contributed by atoms with van der Waals surface area (Å²) >= 11 is 6.39. The van der Waals surface area contributed by atoms with Crippen molar-refractivity contribution in [1.82, 2.24) is 4.90 Å². The number of hydrogen-bond acceptors (Lipinski definition) is 7. The Morgan fingerprint density at radius 3 is 2.67 bits per heavy atom. The molecule has 0 aliphatic carbocycles. The van der Waals surface area contributed by atoms with Crippen molar-refractivity contribution in [1.29, 1.82) is 0 Å². The highest BCUT2D eigenvalue weighted by Crippen LogP contribution is 2.34. The van der Waals surface area contributed by atoms with E-state index < -0.39 is 5.97 Å². The van der Waals surface area contributed by atoms with Crippen LogP contribution in [-0.4, -0.2) is 41.9 Å². The van der Waals surface area contributed by atoms with Crippen LogP contribution in [0.2, 0.25) is 0 Å². The number of thiocarbonyl (C=S) groups is 1. The Balaban J connectivity index is 2.14. The summed E-state index contributed by atoms with van der Waals surface area (Å²) in [6.45, 7) is 0.266. The topological polar surface area (TPSA) is 78.9 Å². The molecule has 128 valence electrons. The van der Waals surface area contributed by atoms with Crippen molar-refractivity contribution < 1.29 is 24.2 Å². The fourth-order valence-electron chi connectivity index (χ4n) is 2.17. The van der Waals surface area contributed by atoms with Gasteiger partial charge in [0.1, 0.15) is 4.32 Å². The molecule has 6 nitrogen and oxygen atoms in total. The number of benzene rings is 1. The first-order valence-electron chi connectivity index (χ1n) is 7.13. The SMILES string of the molecule is COc1ccc(C=C2SC(=S)N(CCCC(=O)[O-])C2=O)cc1OC. The fraction of sp³-hybridized carbons (Fsp3) is 0.312. The molecule has 1 saturated heterocycles. The quantitative estimate of drug-likeness (QED) is 0.534. The number of carboxylic acid groups (broad SMARTS) is 1. The number of hydrogen-bond donors (Lipinski definition) is 0. The zero-order valence-corrected chi connectivity index (χ0v) is 14.9. The summed E-state index contributed by atoms with van der Waals surface area (Å²) in [4.78, 5) is 24.8. The minimum absolute atomic E-state index is 0.105. The van der Waals surface area contributed by atoms with Gasteiger partial charge in [0.25, 0.3) is 5.91 Å². The number of carbonyl (C=O) groups is 2. The van der Waals surface area contributed by atoms with Gasteiger partial charge in [-0.25, -0.2) is 0 Å². The highest BCUT2D eigenvalue weighted by Gasteiger charge is 2.31. The third-order valence-electron chi connectivity index (χ3n) is 3.34. The van der Waals surface area contributed by atoms with Crippen molar-refractivity contribution in [2.45, 2.75) is 12.8 Å². The second-order valence-electron chi connectivity index (χ2n) is 4.92. The van der Waals surface area contributed by atoms with Gasteiger partial charge in [0.05, 0.1) is 19.1 Å². The van der Waals surface area contributed by atoms with E-state index in [9.17, 15) is 14.7 Å². The van der Waals surface area contributed by atoms with Crippen molar-refractivity contribution in [3.8, 4) is 11.5 Å². The number of ether oxygens (including phenoxy) is 2. The van der Waals surface area contributed by atoms with Gasteiger partial charge in [-0.15, -0.1) is 0 Å². The van der Waals surface area contributed by atoms with E-state index in [2.05, 4.69) is 0 Å². The van der Waals surface area contributed by atoms with Crippen LogP contribution in [0.5, 0.6) is 11.5 Å². The molecule has 1 aliphatic rings. The predicted molar refractivity (Wildman–Crippen MR) is 93.7 cm³/mol. The van der Waals surface area contributed by atoms with Gasteiger partial charge in [0.2, 0.25) is 0 Å². The number of carbonyl (C=O) groups excluding carboxylic acids is 2. The zero-order valence-electron chi connectivity index (χ0n) is 13.2. The molecule has 0 radical (unpaired) electrons. The van der Waals surface area contributed by atoms with Gasteiger partial charge in [-0.3, -0.25) is 9.69 Å². The summed E-state index contributed by atoms with van der Waals surface area (Å²) in [7, 11) is 3.09. The van der Waals surface area contributed by atoms with E-state index in [-0.39, 0.29) is 18.9 Å². The molecule has 24 heavy (non-hydrogen) atoms. The van der Waals surface area contributed by atoms with E-state index in [1.807, 2.05) is 6.07 Å². The molecule has 1 aromatic carbocycles. The first kappa shape index (κ1) is 18.3. The van der Waals surface area contributed by atoms with E-state index in [4.69, 9.17) is 21.7 Å². The second kappa shape index (κ2) is 8.16. The minimum Gasteiger partial charge on any atom is -0.550 e. The molecular formula is C16H16NO5S2-. The van der Waals surface area contributed by atoms with Crippen LogP contribution in [0.1, 0.15) is 18.4 Å². The molecule has 0 unspecified atom stereocenters. The molecule has 1 amide bonds. The predicted octanol–water partition coefficient (Wildman–Crippen LogP) is 1.44. The minimum atomic E-state index is -1.14. The molecule has 1 heterocycles. The number of methoxy groups -OCH3 is 2. The Hall–Kier alpha value is -2.06. The summed E-state index contributed by atoms with van der Waals surface area (Å²) in [5.74, 6) is -0.195. The van der Waals surface area contributed by atoms with Gasteiger partial charge in [0, 0.05) is 12.5 Å². The lowest BCUT2D eigenvalue weighted by Gasteiger charge is -2.14. The third-order valence-corrected chi connectivity index (χ3v) is 4.72. The summed E-state index contributed by atoms with van der Waals surface area (Å²) in [6.07, 6.45) is 1.92. The molecule has 1 aromatic rings. The second-order valence-corrected chi connectivity index (χ2v) is 6.60. The maximum atomic E-state index is 12.4. The van der Waals surface area contributed by atoms with Crippen LogP contribution in [0.4, 0.5) is 0 Å². The average Bonchev–Trinajstić information content (AvgIpc) is 2.81. The molecule has 0 saturated carbocycles. The van der Waals surface area contributed by atoms with Crippen molar-refractivity contribution >= 4 is 46.3 Å². The molecule has 0 aromatic heterocycles. The van der Waals surface area contributed by atoms with Crippen molar-refractivity contribution in [2.24, 2.45) is 0 Å². The molecule has 2 rings (SSSR count). The lowest BCUT2D eigenvalue weighted by molar-refractivity contribution is -0.305. The first-order valence-corrected chi connectivity index (χ1v) is 8.36. The van der Waals surface area contributed by atoms with Crippen molar-refractivity contribution in [2.75, 3.05) is 20.8 Å². The van der Waals surface area contributed by atoms with E-state index in [0.717, 1.165) is 5.56 Å². The number of thioether (sulfide) groups is 1. The summed E-state index contributed by atoms with van der Waals surface area (Å²) in [5, 5.41) is 10.5. The van der Waals surface area contributed by atoms with Gasteiger partial charge in [-0.05, 0) is 36.6 Å². The first-order chi connectivity index (χ1) is 11.5. The Morgan fingerprint density at radius 1 is 1.33 bits per heavy atom. The van der Waals surface area contributed by atoms with Gasteiger partial charge in [-0.2, -0.15) is 0 Å². The maximum Gasteiger partial charge on any atom is 0.266 e. The van der Waals surface area contributed by atoms with E-state index in [0.29, 0.717) is 27.1 Å². The van der Waals surface area contributed by atoms with Crippen LogP contribution in [-0.2, 0) is 9.59 Å². The highest BCUT2D eigenvalue weighted by atomic mass is 32.2. The molecule has 0 N–H and O–H groups in total. The fourth-order valence-corrected chi connectivity index (χ4v) is 3.48. The van der Waals surface area contributed by atoms with Crippen molar-refractivity contribution in [3.05, 3.63) is 28.7 Å². The number of amides is 1. The average molecular weight is 366 g/mol. The van der Waals surface area contributed by atoms with E-state index >= 15 is 0 Å². The van der Waals surface area contributed by atoms with Crippen LogP contribution in [0.3, 0.4) is 0 Å². The summed E-state index contributed by atoms with van der Waals surface area (Å²) in [5.41, 5.74) is 0.780. The van der Waals surface area contributed by atoms with Gasteiger partial charge in [0.15, 0.2) is 11.5 Å². The number of carboxylic acids is 1. The standard InChI is InChI=1S/C16H17NO5S2/c1-21-11-6-5-10(8-12(11)22-2)9-13-15(20)17(16(23)24-13)7-3-4-14(18)19/h5-6,8-9H,3-4,7H2,1-2H3,(H,18,19)/p-1. The van der Waals surface area contributed by atoms with Crippen LogP contribution in [0, 0.1) is 0 Å². The maximum absolute atomic E-state index is 12.4. The van der Waals surface area contributed by atoms with E-state index in [1.165, 1.54) is 16.7 Å². The monoisotopic (exact) mass is 366 g/mol. The lowest BCUT2D eigenvalue weighted by atomic mass is 10.2. The van der Waals surface area contributed by atoms with E-state index in [1.54, 1.807) is 32.4 Å². The Labute approximate surface area is 149 Å². The third kappa shape index (κ3) is 4.27. The molecular weight excluding hydrogens is 350 g/mol. The molecule has 0 spiro atoms. The highest BCUT2D eigenvalue weighted by molar-refractivity contribution is 8.26. The number of nitrogens with zero attached hydrogens (tertiary/aromatic N) is 1. The van der Waals surface area contributed by atoms with Gasteiger partial charge in [-0.1, -0.05) is 30.0 Å². The Kier molecular flexibility index (Phi) is 6.22. The lowest BCUT2D eigenvalue weighted by Crippen LogP contribution is -2.30. The van der Waals surface area contributed by atoms with Crippen molar-refractivity contribution in [3.63, 3.8) is 0 Å². The summed E-state index contributed by atoms with van der Waals surface area (Å²) < 4.78 is 10.8.